The predicted molar refractivity (Wildman–Crippen MR) is 69.6 cm³/mol. The van der Waals surface area contributed by atoms with Crippen LogP contribution in [0.25, 0.3) is 0 Å². The first kappa shape index (κ1) is 13.6. The molecule has 0 heterocycles. The molecule has 1 aromatic carbocycles. The van der Waals surface area contributed by atoms with E-state index in [1.807, 2.05) is 36.4 Å². The Balaban J connectivity index is 2.73. The zero-order chi connectivity index (χ0) is 12.5. The summed E-state index contributed by atoms with van der Waals surface area (Å²) >= 11 is 0. The third-order valence-corrected chi connectivity index (χ3v) is 2.35. The summed E-state index contributed by atoms with van der Waals surface area (Å²) in [5.41, 5.74) is 1.11. The Kier molecular flexibility index (Phi) is 6.25. The molecular formula is C14H19NO2. The van der Waals surface area contributed by atoms with Gasteiger partial charge in [-0.05, 0) is 5.56 Å². The molecule has 1 rings (SSSR count). The molecule has 0 aliphatic heterocycles. The Bertz CT molecular complexity index is 348. The van der Waals surface area contributed by atoms with Crippen LogP contribution in [0.1, 0.15) is 11.6 Å². The number of hydrogen-bond donors (Lipinski definition) is 3. The first-order valence-corrected chi connectivity index (χ1v) is 5.64. The lowest BCUT2D eigenvalue weighted by atomic mass is 10.1. The quantitative estimate of drug-likeness (QED) is 0.624. The fourth-order valence-corrected chi connectivity index (χ4v) is 1.47. The molecule has 1 aromatic rings. The molecule has 92 valence electrons. The molecule has 17 heavy (non-hydrogen) atoms. The van der Waals surface area contributed by atoms with Gasteiger partial charge in [0.25, 0.3) is 0 Å². The minimum Gasteiger partial charge on any atom is -0.393 e. The molecule has 0 saturated carbocycles. The Hall–Kier alpha value is -1.42. The standard InChI is InChI=1S/C14H19NO2/c1-2-10-15-14(9-8-13(17)11-16)12-6-4-3-5-7-12/h2-9,13-17H,1,10-11H2/b9-8+/t13-,14+/m0/s1. The van der Waals surface area contributed by atoms with Crippen LogP contribution in [0.5, 0.6) is 0 Å². The Morgan fingerprint density at radius 2 is 1.94 bits per heavy atom. The fraction of sp³-hybridized carbons (Fsp3) is 0.286. The van der Waals surface area contributed by atoms with Gasteiger partial charge in [0.2, 0.25) is 0 Å². The highest BCUT2D eigenvalue weighted by molar-refractivity contribution is 5.23. The van der Waals surface area contributed by atoms with E-state index in [1.54, 1.807) is 12.2 Å². The van der Waals surface area contributed by atoms with Gasteiger partial charge in [-0.2, -0.15) is 0 Å². The zero-order valence-corrected chi connectivity index (χ0v) is 9.79. The van der Waals surface area contributed by atoms with Gasteiger partial charge in [0, 0.05) is 6.54 Å². The van der Waals surface area contributed by atoms with Crippen LogP contribution in [0.4, 0.5) is 0 Å². The minimum atomic E-state index is -0.813. The zero-order valence-electron chi connectivity index (χ0n) is 9.79. The Labute approximate surface area is 102 Å². The highest BCUT2D eigenvalue weighted by atomic mass is 16.3. The second-order valence-electron chi connectivity index (χ2n) is 3.72. The van der Waals surface area contributed by atoms with Gasteiger partial charge in [0.1, 0.15) is 0 Å². The number of aliphatic hydroxyl groups is 2. The topological polar surface area (TPSA) is 52.5 Å². The second kappa shape index (κ2) is 7.79. The summed E-state index contributed by atoms with van der Waals surface area (Å²) in [7, 11) is 0. The molecule has 0 unspecified atom stereocenters. The maximum Gasteiger partial charge on any atom is 0.0952 e. The van der Waals surface area contributed by atoms with E-state index in [0.29, 0.717) is 6.54 Å². The van der Waals surface area contributed by atoms with Crippen molar-refractivity contribution in [3.8, 4) is 0 Å². The van der Waals surface area contributed by atoms with Crippen molar-refractivity contribution in [3.05, 3.63) is 60.7 Å². The number of benzene rings is 1. The Morgan fingerprint density at radius 3 is 2.53 bits per heavy atom. The molecule has 0 fully saturated rings. The van der Waals surface area contributed by atoms with Crippen LogP contribution in [0.15, 0.2) is 55.1 Å². The van der Waals surface area contributed by atoms with Crippen LogP contribution < -0.4 is 5.32 Å². The van der Waals surface area contributed by atoms with E-state index in [0.717, 1.165) is 5.56 Å². The van der Waals surface area contributed by atoms with Crippen molar-refractivity contribution in [2.45, 2.75) is 12.1 Å². The predicted octanol–water partition coefficient (Wildman–Crippen LogP) is 1.41. The molecule has 0 aliphatic rings. The summed E-state index contributed by atoms with van der Waals surface area (Å²) in [6, 6.07) is 9.92. The van der Waals surface area contributed by atoms with Gasteiger partial charge >= 0.3 is 0 Å². The summed E-state index contributed by atoms with van der Waals surface area (Å²) in [5, 5.41) is 21.3. The second-order valence-corrected chi connectivity index (χ2v) is 3.72. The fourth-order valence-electron chi connectivity index (χ4n) is 1.47. The highest BCUT2D eigenvalue weighted by Crippen LogP contribution is 2.14. The molecule has 0 radical (unpaired) electrons. The molecule has 0 aliphatic carbocycles. The molecule has 0 spiro atoms. The van der Waals surface area contributed by atoms with E-state index in [1.165, 1.54) is 0 Å². The van der Waals surface area contributed by atoms with Gasteiger partial charge in [0.15, 0.2) is 0 Å². The lowest BCUT2D eigenvalue weighted by molar-refractivity contribution is 0.131. The Morgan fingerprint density at radius 1 is 1.24 bits per heavy atom. The van der Waals surface area contributed by atoms with Crippen molar-refractivity contribution in [3.63, 3.8) is 0 Å². The molecule has 3 N–H and O–H groups in total. The summed E-state index contributed by atoms with van der Waals surface area (Å²) in [5.74, 6) is 0. The molecule has 3 heteroatoms. The molecule has 3 nitrogen and oxygen atoms in total. The molecular weight excluding hydrogens is 214 g/mol. The summed E-state index contributed by atoms with van der Waals surface area (Å²) in [6.07, 6.45) is 4.41. The van der Waals surface area contributed by atoms with Crippen LogP contribution in [-0.4, -0.2) is 29.5 Å². The van der Waals surface area contributed by atoms with Gasteiger partial charge in [-0.3, -0.25) is 0 Å². The lowest BCUT2D eigenvalue weighted by Gasteiger charge is -2.14. The maximum absolute atomic E-state index is 9.29. The van der Waals surface area contributed by atoms with Crippen molar-refractivity contribution in [2.75, 3.05) is 13.2 Å². The minimum absolute atomic E-state index is 0.00963. The molecule has 0 bridgehead atoms. The van der Waals surface area contributed by atoms with E-state index in [2.05, 4.69) is 11.9 Å². The SMILES string of the molecule is C=CCN[C@H](/C=C/[C@H](O)CO)c1ccccc1. The molecule has 0 aromatic heterocycles. The molecule has 2 atom stereocenters. The average Bonchev–Trinajstić information content (AvgIpc) is 2.39. The summed E-state index contributed by atoms with van der Waals surface area (Å²) in [4.78, 5) is 0. The van der Waals surface area contributed by atoms with Crippen molar-refractivity contribution in [1.82, 2.24) is 5.32 Å². The van der Waals surface area contributed by atoms with Gasteiger partial charge in [-0.1, -0.05) is 48.6 Å². The number of nitrogens with one attached hydrogen (secondary N) is 1. The third kappa shape index (κ3) is 4.95. The highest BCUT2D eigenvalue weighted by Gasteiger charge is 2.06. The maximum atomic E-state index is 9.29. The van der Waals surface area contributed by atoms with Gasteiger partial charge in [0.05, 0.1) is 18.8 Å². The molecule has 0 amide bonds. The van der Waals surface area contributed by atoms with Crippen LogP contribution in [0, 0.1) is 0 Å². The van der Waals surface area contributed by atoms with Crippen LogP contribution in [0.3, 0.4) is 0 Å². The first-order chi connectivity index (χ1) is 8.27. The number of aliphatic hydroxyl groups excluding tert-OH is 2. The van der Waals surface area contributed by atoms with Crippen molar-refractivity contribution < 1.29 is 10.2 Å². The van der Waals surface area contributed by atoms with Crippen molar-refractivity contribution in [2.24, 2.45) is 0 Å². The largest absolute Gasteiger partial charge is 0.393 e. The first-order valence-electron chi connectivity index (χ1n) is 5.64. The van der Waals surface area contributed by atoms with Gasteiger partial charge in [-0.25, -0.2) is 0 Å². The lowest BCUT2D eigenvalue weighted by Crippen LogP contribution is -2.20. The van der Waals surface area contributed by atoms with Gasteiger partial charge in [-0.15, -0.1) is 6.58 Å². The smallest absolute Gasteiger partial charge is 0.0952 e. The van der Waals surface area contributed by atoms with E-state index in [-0.39, 0.29) is 12.6 Å². The monoisotopic (exact) mass is 233 g/mol. The number of hydrogen-bond acceptors (Lipinski definition) is 3. The third-order valence-electron chi connectivity index (χ3n) is 2.35. The van der Waals surface area contributed by atoms with Crippen LogP contribution in [0.2, 0.25) is 0 Å². The van der Waals surface area contributed by atoms with E-state index >= 15 is 0 Å². The summed E-state index contributed by atoms with van der Waals surface area (Å²) in [6.45, 7) is 4.08. The molecule has 0 saturated heterocycles. The van der Waals surface area contributed by atoms with E-state index < -0.39 is 6.10 Å². The normalized spacial score (nSPS) is 14.7. The van der Waals surface area contributed by atoms with Gasteiger partial charge < -0.3 is 15.5 Å². The van der Waals surface area contributed by atoms with Crippen molar-refractivity contribution >= 4 is 0 Å². The van der Waals surface area contributed by atoms with E-state index in [4.69, 9.17) is 5.11 Å². The number of rotatable bonds is 7. The summed E-state index contributed by atoms with van der Waals surface area (Å²) < 4.78 is 0. The van der Waals surface area contributed by atoms with Crippen molar-refractivity contribution in [1.29, 1.82) is 0 Å². The van der Waals surface area contributed by atoms with E-state index in [9.17, 15) is 5.11 Å². The van der Waals surface area contributed by atoms with Crippen LogP contribution in [-0.2, 0) is 0 Å². The van der Waals surface area contributed by atoms with Crippen LogP contribution >= 0.6 is 0 Å². The average molecular weight is 233 g/mol.